The Kier molecular flexibility index (Phi) is 3.58. The first-order valence-corrected chi connectivity index (χ1v) is 7.61. The molecule has 2 fully saturated rings. The largest absolute Gasteiger partial charge is 0.469 e. The molecule has 2 saturated heterocycles. The third-order valence-corrected chi connectivity index (χ3v) is 4.80. The van der Waals surface area contributed by atoms with Crippen LogP contribution in [-0.4, -0.2) is 46.8 Å². The van der Waals surface area contributed by atoms with E-state index in [4.69, 9.17) is 9.15 Å². The van der Waals surface area contributed by atoms with Gasteiger partial charge in [0, 0.05) is 19.5 Å². The number of hydrogen-bond donors (Lipinski definition) is 1. The number of nitrogens with zero attached hydrogens (tertiary/aromatic N) is 1. The summed E-state index contributed by atoms with van der Waals surface area (Å²) in [5, 5.41) is 10.3. The van der Waals surface area contributed by atoms with Crippen molar-refractivity contribution in [1.82, 2.24) is 4.90 Å². The van der Waals surface area contributed by atoms with Crippen LogP contribution in [0.15, 0.2) is 16.7 Å². The Hall–Kier alpha value is -1.33. The van der Waals surface area contributed by atoms with Crippen molar-refractivity contribution in [2.24, 2.45) is 0 Å². The second kappa shape index (κ2) is 5.14. The quantitative estimate of drug-likeness (QED) is 0.861. The average molecular weight is 293 g/mol. The van der Waals surface area contributed by atoms with Gasteiger partial charge in [-0.3, -0.25) is 4.79 Å². The molecule has 2 aliphatic rings. The highest BCUT2D eigenvalue weighted by Crippen LogP contribution is 2.39. The summed E-state index contributed by atoms with van der Waals surface area (Å²) < 4.78 is 11.2. The number of rotatable bonds is 1. The Bertz CT molecular complexity index is 526. The fourth-order valence-corrected chi connectivity index (χ4v) is 3.54. The van der Waals surface area contributed by atoms with Gasteiger partial charge in [0.1, 0.15) is 5.76 Å². The number of aryl methyl sites for hydroxylation is 1. The van der Waals surface area contributed by atoms with Crippen LogP contribution in [0.25, 0.3) is 0 Å². The van der Waals surface area contributed by atoms with Gasteiger partial charge < -0.3 is 19.2 Å². The van der Waals surface area contributed by atoms with Gasteiger partial charge in [-0.05, 0) is 39.2 Å². The van der Waals surface area contributed by atoms with Crippen molar-refractivity contribution in [2.45, 2.75) is 50.7 Å². The highest BCUT2D eigenvalue weighted by Gasteiger charge is 2.45. The normalized spacial score (nSPS) is 28.8. The molecule has 1 spiro atoms. The molecule has 1 unspecified atom stereocenters. The highest BCUT2D eigenvalue weighted by atomic mass is 16.5. The lowest BCUT2D eigenvalue weighted by atomic mass is 9.78. The number of carbonyl (C=O) groups excluding carboxylic acids is 1. The van der Waals surface area contributed by atoms with E-state index in [-0.39, 0.29) is 11.5 Å². The maximum atomic E-state index is 12.5. The van der Waals surface area contributed by atoms with E-state index in [2.05, 4.69) is 0 Å². The van der Waals surface area contributed by atoms with Crippen LogP contribution >= 0.6 is 0 Å². The number of ether oxygens (including phenoxy) is 1. The summed E-state index contributed by atoms with van der Waals surface area (Å²) >= 11 is 0. The first kappa shape index (κ1) is 14.6. The maximum Gasteiger partial charge on any atom is 0.257 e. The second-order valence-corrected chi connectivity index (χ2v) is 6.64. The molecule has 2 aliphatic heterocycles. The molecule has 0 radical (unpaired) electrons. The number of hydrogen-bond acceptors (Lipinski definition) is 4. The molecule has 1 amide bonds. The summed E-state index contributed by atoms with van der Waals surface area (Å²) in [5.41, 5.74) is -0.266. The van der Waals surface area contributed by atoms with Crippen molar-refractivity contribution >= 4 is 5.91 Å². The minimum absolute atomic E-state index is 0.0265. The molecule has 0 aromatic carbocycles. The topological polar surface area (TPSA) is 62.9 Å². The molecular weight excluding hydrogens is 270 g/mol. The van der Waals surface area contributed by atoms with Crippen molar-refractivity contribution in [3.63, 3.8) is 0 Å². The first-order valence-electron chi connectivity index (χ1n) is 7.61. The summed E-state index contributed by atoms with van der Waals surface area (Å²) in [5.74, 6) is 0.691. The Morgan fingerprint density at radius 1 is 1.33 bits per heavy atom. The van der Waals surface area contributed by atoms with Gasteiger partial charge in [0.25, 0.3) is 5.91 Å². The van der Waals surface area contributed by atoms with Gasteiger partial charge in [0.2, 0.25) is 0 Å². The van der Waals surface area contributed by atoms with Crippen molar-refractivity contribution in [1.29, 1.82) is 0 Å². The first-order chi connectivity index (χ1) is 9.91. The van der Waals surface area contributed by atoms with Crippen LogP contribution in [0.4, 0.5) is 0 Å². The molecular formula is C16H23NO4. The zero-order valence-corrected chi connectivity index (χ0v) is 12.7. The Labute approximate surface area is 124 Å². The second-order valence-electron chi connectivity index (χ2n) is 6.64. The predicted molar refractivity (Wildman–Crippen MR) is 77.1 cm³/mol. The molecule has 1 N–H and O–H groups in total. The lowest BCUT2D eigenvalue weighted by Gasteiger charge is -2.48. The summed E-state index contributed by atoms with van der Waals surface area (Å²) in [7, 11) is 0. The lowest BCUT2D eigenvalue weighted by Crippen LogP contribution is -2.54. The van der Waals surface area contributed by atoms with Gasteiger partial charge in [-0.15, -0.1) is 0 Å². The van der Waals surface area contributed by atoms with Crippen LogP contribution in [0.3, 0.4) is 0 Å². The number of amides is 1. The summed E-state index contributed by atoms with van der Waals surface area (Å²) in [6, 6.07) is 1.73. The van der Waals surface area contributed by atoms with Crippen LogP contribution in [0.1, 0.15) is 48.7 Å². The molecule has 1 aromatic heterocycles. The van der Waals surface area contributed by atoms with Crippen molar-refractivity contribution < 1.29 is 19.1 Å². The van der Waals surface area contributed by atoms with E-state index in [1.807, 2.05) is 11.8 Å². The monoisotopic (exact) mass is 293 g/mol. The van der Waals surface area contributed by atoms with Crippen LogP contribution in [0.2, 0.25) is 0 Å². The maximum absolute atomic E-state index is 12.5. The van der Waals surface area contributed by atoms with Gasteiger partial charge in [0.15, 0.2) is 0 Å². The van der Waals surface area contributed by atoms with Crippen molar-refractivity contribution in [3.05, 3.63) is 23.7 Å². The predicted octanol–water partition coefficient (Wildman–Crippen LogP) is 2.12. The minimum Gasteiger partial charge on any atom is -0.469 e. The van der Waals surface area contributed by atoms with Gasteiger partial charge in [-0.25, -0.2) is 0 Å². The van der Waals surface area contributed by atoms with E-state index in [0.29, 0.717) is 43.9 Å². The standard InChI is InChI=1S/C16H23NO4/c1-12-13(3-9-20-12)14(18)17-7-4-16(5-8-17)11-15(2,19)6-10-21-16/h3,9,19H,4-8,10-11H2,1-2H3. The average Bonchev–Trinajstić information content (AvgIpc) is 2.84. The number of likely N-dealkylation sites (tertiary alicyclic amines) is 1. The van der Waals surface area contributed by atoms with Gasteiger partial charge in [-0.1, -0.05) is 0 Å². The highest BCUT2D eigenvalue weighted by molar-refractivity contribution is 5.95. The van der Waals surface area contributed by atoms with Crippen LogP contribution in [0.5, 0.6) is 0 Å². The molecule has 21 heavy (non-hydrogen) atoms. The van der Waals surface area contributed by atoms with Crippen molar-refractivity contribution in [3.8, 4) is 0 Å². The molecule has 5 nitrogen and oxygen atoms in total. The van der Waals surface area contributed by atoms with Crippen LogP contribution in [-0.2, 0) is 4.74 Å². The fourth-order valence-electron chi connectivity index (χ4n) is 3.54. The third-order valence-electron chi connectivity index (χ3n) is 4.80. The third kappa shape index (κ3) is 2.85. The van der Waals surface area contributed by atoms with Gasteiger partial charge in [-0.2, -0.15) is 0 Å². The lowest BCUT2D eigenvalue weighted by molar-refractivity contribution is -0.170. The molecule has 0 saturated carbocycles. The number of furan rings is 1. The van der Waals surface area contributed by atoms with E-state index in [1.54, 1.807) is 19.3 Å². The smallest absolute Gasteiger partial charge is 0.257 e. The Morgan fingerprint density at radius 2 is 2.05 bits per heavy atom. The minimum atomic E-state index is -0.647. The van der Waals surface area contributed by atoms with Gasteiger partial charge >= 0.3 is 0 Å². The van der Waals surface area contributed by atoms with E-state index in [0.717, 1.165) is 12.8 Å². The fraction of sp³-hybridized carbons (Fsp3) is 0.688. The van der Waals surface area contributed by atoms with Gasteiger partial charge in [0.05, 0.1) is 29.6 Å². The molecule has 3 rings (SSSR count). The zero-order chi connectivity index (χ0) is 15.1. The molecule has 0 aliphatic carbocycles. The Morgan fingerprint density at radius 3 is 2.62 bits per heavy atom. The summed E-state index contributed by atoms with van der Waals surface area (Å²) in [6.07, 6.45) is 4.46. The zero-order valence-electron chi connectivity index (χ0n) is 12.7. The van der Waals surface area contributed by atoms with E-state index in [9.17, 15) is 9.90 Å². The molecule has 116 valence electrons. The summed E-state index contributed by atoms with van der Waals surface area (Å²) in [4.78, 5) is 14.3. The molecule has 5 heteroatoms. The van der Waals surface area contributed by atoms with E-state index < -0.39 is 5.60 Å². The van der Waals surface area contributed by atoms with Crippen LogP contribution in [0, 0.1) is 6.92 Å². The van der Waals surface area contributed by atoms with E-state index >= 15 is 0 Å². The number of aliphatic hydroxyl groups is 1. The van der Waals surface area contributed by atoms with Crippen LogP contribution < -0.4 is 0 Å². The number of piperidine rings is 1. The molecule has 0 bridgehead atoms. The van der Waals surface area contributed by atoms with E-state index in [1.165, 1.54) is 0 Å². The molecule has 3 heterocycles. The number of carbonyl (C=O) groups is 1. The SMILES string of the molecule is Cc1occc1C(=O)N1CCC2(CC1)CC(C)(O)CCO2. The molecule has 1 aromatic rings. The van der Waals surface area contributed by atoms with Crippen molar-refractivity contribution in [2.75, 3.05) is 19.7 Å². The molecule has 1 atom stereocenters. The summed E-state index contributed by atoms with van der Waals surface area (Å²) in [6.45, 7) is 5.62. The Balaban J connectivity index is 1.65.